The maximum atomic E-state index is 9.70. The molecule has 0 bridgehead atoms. The molecule has 5 N–H and O–H groups in total. The fourth-order valence-electron chi connectivity index (χ4n) is 2.54. The van der Waals surface area contributed by atoms with E-state index in [0.717, 1.165) is 0 Å². The lowest BCUT2D eigenvalue weighted by Crippen LogP contribution is -2.59. The van der Waals surface area contributed by atoms with Gasteiger partial charge in [0.2, 0.25) is 0 Å². The molecule has 0 amide bonds. The Bertz CT molecular complexity index is 197. The van der Waals surface area contributed by atoms with Gasteiger partial charge in [-0.1, -0.05) is 0 Å². The third-order valence-corrected chi connectivity index (χ3v) is 3.61. The van der Waals surface area contributed by atoms with E-state index in [4.69, 9.17) is 5.11 Å². The van der Waals surface area contributed by atoms with Crippen molar-refractivity contribution in [2.24, 2.45) is 0 Å². The second kappa shape index (κ2) is 4.73. The molecule has 1 rings (SSSR count). The van der Waals surface area contributed by atoms with E-state index in [-0.39, 0.29) is 30.8 Å². The van der Waals surface area contributed by atoms with Gasteiger partial charge in [0.1, 0.15) is 30.8 Å². The number of likely N-dealkylation sites (N-methyl/N-ethyl adjacent to an activating group) is 1. The Kier molecular flexibility index (Phi) is 4.05. The Morgan fingerprint density at radius 2 is 1.33 bits per heavy atom. The van der Waals surface area contributed by atoms with Gasteiger partial charge in [0.15, 0.2) is 0 Å². The lowest BCUT2D eigenvalue weighted by Gasteiger charge is -2.39. The predicted molar refractivity (Wildman–Crippen MR) is 51.9 cm³/mol. The molecule has 1 saturated heterocycles. The van der Waals surface area contributed by atoms with Crippen LogP contribution >= 0.6 is 0 Å². The molecule has 1 heterocycles. The first-order chi connectivity index (χ1) is 7.02. The van der Waals surface area contributed by atoms with E-state index in [2.05, 4.69) is 0 Å². The van der Waals surface area contributed by atoms with Crippen molar-refractivity contribution < 1.29 is 30.0 Å². The van der Waals surface area contributed by atoms with Crippen molar-refractivity contribution in [3.63, 3.8) is 0 Å². The summed E-state index contributed by atoms with van der Waals surface area (Å²) in [4.78, 5) is 0. The number of hydrogen-bond acceptors (Lipinski definition) is 5. The molecule has 15 heavy (non-hydrogen) atoms. The van der Waals surface area contributed by atoms with Gasteiger partial charge in [-0.25, -0.2) is 0 Å². The molecule has 4 atom stereocenters. The van der Waals surface area contributed by atoms with Crippen LogP contribution in [0.3, 0.4) is 0 Å². The van der Waals surface area contributed by atoms with E-state index >= 15 is 0 Å². The quantitative estimate of drug-likeness (QED) is 0.324. The number of aliphatic hydroxyl groups excluding tert-OH is 5. The molecule has 1 aliphatic rings. The van der Waals surface area contributed by atoms with Gasteiger partial charge in [0.05, 0.1) is 26.9 Å². The highest BCUT2D eigenvalue weighted by molar-refractivity contribution is 4.91. The van der Waals surface area contributed by atoms with E-state index < -0.39 is 24.3 Å². The molecule has 6 heteroatoms. The minimum Gasteiger partial charge on any atom is -0.391 e. The highest BCUT2D eigenvalue weighted by Crippen LogP contribution is 2.31. The summed E-state index contributed by atoms with van der Waals surface area (Å²) in [5.74, 6) is 0. The fourth-order valence-corrected chi connectivity index (χ4v) is 2.54. The number of rotatable bonds is 4. The molecule has 1 fully saturated rings. The number of quaternary nitrogens is 1. The van der Waals surface area contributed by atoms with Gasteiger partial charge in [-0.15, -0.1) is 0 Å². The van der Waals surface area contributed by atoms with Crippen molar-refractivity contribution in [2.75, 3.05) is 33.4 Å². The zero-order valence-corrected chi connectivity index (χ0v) is 8.82. The Balaban J connectivity index is 2.96. The van der Waals surface area contributed by atoms with Crippen molar-refractivity contribution in [3.8, 4) is 0 Å². The normalized spacial score (nSPS) is 39.6. The second-order valence-electron chi connectivity index (χ2n) is 4.28. The minimum atomic E-state index is -1.07. The predicted octanol–water partition coefficient (Wildman–Crippen LogP) is -3.12. The van der Waals surface area contributed by atoms with Crippen LogP contribution in [0.25, 0.3) is 0 Å². The van der Waals surface area contributed by atoms with Crippen LogP contribution in [0.4, 0.5) is 0 Å². The molecule has 0 aromatic carbocycles. The van der Waals surface area contributed by atoms with Crippen LogP contribution < -0.4 is 0 Å². The topological polar surface area (TPSA) is 101 Å². The summed E-state index contributed by atoms with van der Waals surface area (Å²) >= 11 is 0. The Labute approximate surface area is 88.6 Å². The maximum absolute atomic E-state index is 9.70. The highest BCUT2D eigenvalue weighted by Gasteiger charge is 2.57. The van der Waals surface area contributed by atoms with E-state index in [1.54, 1.807) is 7.05 Å². The van der Waals surface area contributed by atoms with Crippen molar-refractivity contribution >= 4 is 0 Å². The van der Waals surface area contributed by atoms with Gasteiger partial charge >= 0.3 is 0 Å². The molecule has 0 radical (unpaired) electrons. The van der Waals surface area contributed by atoms with Crippen LogP contribution in [0.1, 0.15) is 0 Å². The average molecular weight is 222 g/mol. The molecule has 90 valence electrons. The van der Waals surface area contributed by atoms with Crippen LogP contribution in [0.5, 0.6) is 0 Å². The van der Waals surface area contributed by atoms with E-state index in [9.17, 15) is 20.4 Å². The summed E-state index contributed by atoms with van der Waals surface area (Å²) in [7, 11) is 1.71. The smallest absolute Gasteiger partial charge is 0.142 e. The minimum absolute atomic E-state index is 0.0891. The van der Waals surface area contributed by atoms with Gasteiger partial charge < -0.3 is 30.0 Å². The van der Waals surface area contributed by atoms with E-state index in [1.165, 1.54) is 0 Å². The van der Waals surface area contributed by atoms with Gasteiger partial charge in [-0.3, -0.25) is 0 Å². The third kappa shape index (κ3) is 1.89. The summed E-state index contributed by atoms with van der Waals surface area (Å²) in [6.07, 6.45) is -2.13. The lowest BCUT2D eigenvalue weighted by atomic mass is 10.1. The summed E-state index contributed by atoms with van der Waals surface area (Å²) < 4.78 is 0.0891. The van der Waals surface area contributed by atoms with Crippen LogP contribution in [-0.2, 0) is 0 Å². The van der Waals surface area contributed by atoms with Crippen molar-refractivity contribution in [2.45, 2.75) is 24.3 Å². The molecule has 6 nitrogen and oxygen atoms in total. The van der Waals surface area contributed by atoms with Crippen LogP contribution in [0.15, 0.2) is 0 Å². The van der Waals surface area contributed by atoms with E-state index in [1.807, 2.05) is 0 Å². The number of likely N-dealkylation sites (tertiary alicyclic amines) is 1. The zero-order chi connectivity index (χ0) is 11.6. The van der Waals surface area contributed by atoms with E-state index in [0.29, 0.717) is 0 Å². The summed E-state index contributed by atoms with van der Waals surface area (Å²) in [5.41, 5.74) is 0. The van der Waals surface area contributed by atoms with Crippen LogP contribution in [0.2, 0.25) is 0 Å². The van der Waals surface area contributed by atoms with Crippen molar-refractivity contribution in [1.29, 1.82) is 0 Å². The van der Waals surface area contributed by atoms with Crippen LogP contribution in [0, 0.1) is 0 Å². The molecule has 0 aliphatic carbocycles. The second-order valence-corrected chi connectivity index (χ2v) is 4.28. The SMILES string of the molecule is C[N+]1(CCO)[C@@H](CO)[C@H](O)[C@@H](O)[C@@H]1CO. The first kappa shape index (κ1) is 12.8. The Morgan fingerprint density at radius 1 is 0.933 bits per heavy atom. The molecule has 0 unspecified atom stereocenters. The molecular formula is C9H20NO5+. The molecule has 1 aliphatic heterocycles. The van der Waals surface area contributed by atoms with Gasteiger partial charge in [0, 0.05) is 0 Å². The molecule has 0 aromatic rings. The van der Waals surface area contributed by atoms with Gasteiger partial charge in [-0.05, 0) is 0 Å². The first-order valence-electron chi connectivity index (χ1n) is 5.06. The summed E-state index contributed by atoms with van der Waals surface area (Å²) in [6.45, 7) is -0.413. The Morgan fingerprint density at radius 3 is 1.60 bits per heavy atom. The standard InChI is InChI=1S/C9H20NO5/c1-10(2-3-11)6(4-12)8(14)9(15)7(10)5-13/h6-9,11-15H,2-5H2,1H3/q+1/t6-,7-,8-,9-/m0/s1. The molecular weight excluding hydrogens is 202 g/mol. The molecule has 0 saturated carbocycles. The Hall–Kier alpha value is -0.240. The number of hydrogen-bond donors (Lipinski definition) is 5. The molecule has 0 aromatic heterocycles. The maximum Gasteiger partial charge on any atom is 0.142 e. The third-order valence-electron chi connectivity index (χ3n) is 3.61. The lowest BCUT2D eigenvalue weighted by molar-refractivity contribution is -0.946. The van der Waals surface area contributed by atoms with Gasteiger partial charge in [0.25, 0.3) is 0 Å². The van der Waals surface area contributed by atoms with Crippen LogP contribution in [-0.4, -0.2) is 87.7 Å². The summed E-state index contributed by atoms with van der Waals surface area (Å²) in [6, 6.07) is -1.13. The van der Waals surface area contributed by atoms with Gasteiger partial charge in [-0.2, -0.15) is 0 Å². The zero-order valence-electron chi connectivity index (χ0n) is 8.82. The monoisotopic (exact) mass is 222 g/mol. The summed E-state index contributed by atoms with van der Waals surface area (Å²) in [5, 5.41) is 46.7. The highest BCUT2D eigenvalue weighted by atomic mass is 16.3. The number of aliphatic hydroxyl groups is 5. The van der Waals surface area contributed by atoms with Crippen molar-refractivity contribution in [3.05, 3.63) is 0 Å². The van der Waals surface area contributed by atoms with Crippen molar-refractivity contribution in [1.82, 2.24) is 0 Å². The molecule has 0 spiro atoms. The average Bonchev–Trinajstić information content (AvgIpc) is 2.36. The first-order valence-corrected chi connectivity index (χ1v) is 5.06. The number of nitrogens with zero attached hydrogens (tertiary/aromatic N) is 1. The fraction of sp³-hybridized carbons (Fsp3) is 1.00. The largest absolute Gasteiger partial charge is 0.391 e.